The summed E-state index contributed by atoms with van der Waals surface area (Å²) >= 11 is 0. The Balaban J connectivity index is 1.82. The summed E-state index contributed by atoms with van der Waals surface area (Å²) in [5.74, 6) is 0.856. The zero-order valence-corrected chi connectivity index (χ0v) is 10.5. The lowest BCUT2D eigenvalue weighted by Gasteiger charge is -2.35. The van der Waals surface area contributed by atoms with E-state index >= 15 is 0 Å². The Labute approximate surface area is 103 Å². The van der Waals surface area contributed by atoms with Crippen LogP contribution in [-0.2, 0) is 6.42 Å². The highest BCUT2D eigenvalue weighted by atomic mass is 19.1. The molecule has 0 unspecified atom stereocenters. The number of hydrogen-bond acceptors (Lipinski definition) is 1. The molecule has 1 fully saturated rings. The van der Waals surface area contributed by atoms with Gasteiger partial charge in [0.05, 0.1) is 0 Å². The minimum Gasteiger partial charge on any atom is -0.296 e. The van der Waals surface area contributed by atoms with Crippen LogP contribution in [0, 0.1) is 11.7 Å². The molecule has 0 radical (unpaired) electrons. The molecule has 1 nitrogen and oxygen atoms in total. The van der Waals surface area contributed by atoms with Gasteiger partial charge in [-0.2, -0.15) is 0 Å². The summed E-state index contributed by atoms with van der Waals surface area (Å²) < 4.78 is 13.7. The SMILES string of the molecule is CC1CCN([C@H]2CCc3c(F)cccc32)CC1. The molecule has 0 saturated carbocycles. The van der Waals surface area contributed by atoms with Crippen LogP contribution >= 0.6 is 0 Å². The van der Waals surface area contributed by atoms with Crippen LogP contribution in [0.1, 0.15) is 43.4 Å². The third-order valence-electron chi connectivity index (χ3n) is 4.44. The van der Waals surface area contributed by atoms with Crippen molar-refractivity contribution in [2.75, 3.05) is 13.1 Å². The van der Waals surface area contributed by atoms with Gasteiger partial charge in [-0.3, -0.25) is 4.90 Å². The smallest absolute Gasteiger partial charge is 0.126 e. The predicted octanol–water partition coefficient (Wildman–Crippen LogP) is 3.54. The van der Waals surface area contributed by atoms with E-state index < -0.39 is 0 Å². The third kappa shape index (κ3) is 1.99. The van der Waals surface area contributed by atoms with Gasteiger partial charge in [0, 0.05) is 6.04 Å². The molecule has 1 saturated heterocycles. The van der Waals surface area contributed by atoms with Crippen molar-refractivity contribution in [3.8, 4) is 0 Å². The van der Waals surface area contributed by atoms with Gasteiger partial charge in [0.25, 0.3) is 0 Å². The highest BCUT2D eigenvalue weighted by Crippen LogP contribution is 2.38. The Bertz CT molecular complexity index is 407. The van der Waals surface area contributed by atoms with Crippen molar-refractivity contribution < 1.29 is 4.39 Å². The molecular weight excluding hydrogens is 213 g/mol. The molecule has 1 aromatic rings. The number of hydrogen-bond donors (Lipinski definition) is 0. The lowest BCUT2D eigenvalue weighted by Crippen LogP contribution is -2.35. The van der Waals surface area contributed by atoms with E-state index in [4.69, 9.17) is 0 Å². The van der Waals surface area contributed by atoms with E-state index in [9.17, 15) is 4.39 Å². The van der Waals surface area contributed by atoms with Crippen molar-refractivity contribution in [3.05, 3.63) is 35.1 Å². The predicted molar refractivity (Wildman–Crippen MR) is 67.4 cm³/mol. The largest absolute Gasteiger partial charge is 0.296 e. The van der Waals surface area contributed by atoms with E-state index in [1.807, 2.05) is 6.07 Å². The monoisotopic (exact) mass is 233 g/mol. The second kappa shape index (κ2) is 4.41. The molecule has 1 aliphatic carbocycles. The van der Waals surface area contributed by atoms with Crippen LogP contribution in [0.4, 0.5) is 4.39 Å². The Morgan fingerprint density at radius 2 is 1.94 bits per heavy atom. The summed E-state index contributed by atoms with van der Waals surface area (Å²) in [4.78, 5) is 2.56. The highest BCUT2D eigenvalue weighted by Gasteiger charge is 2.31. The molecule has 0 spiro atoms. The van der Waals surface area contributed by atoms with Gasteiger partial charge in [0.15, 0.2) is 0 Å². The van der Waals surface area contributed by atoms with Crippen LogP contribution in [-0.4, -0.2) is 18.0 Å². The number of piperidine rings is 1. The molecule has 2 heteroatoms. The van der Waals surface area contributed by atoms with E-state index in [2.05, 4.69) is 17.9 Å². The average molecular weight is 233 g/mol. The van der Waals surface area contributed by atoms with E-state index in [1.165, 1.54) is 31.5 Å². The lowest BCUT2D eigenvalue weighted by molar-refractivity contribution is 0.137. The van der Waals surface area contributed by atoms with Crippen molar-refractivity contribution in [1.82, 2.24) is 4.90 Å². The summed E-state index contributed by atoms with van der Waals surface area (Å²) in [5.41, 5.74) is 2.22. The molecule has 0 bridgehead atoms. The number of benzene rings is 1. The van der Waals surface area contributed by atoms with Crippen molar-refractivity contribution in [3.63, 3.8) is 0 Å². The van der Waals surface area contributed by atoms with Crippen LogP contribution in [0.15, 0.2) is 18.2 Å². The maximum Gasteiger partial charge on any atom is 0.126 e. The molecule has 2 aliphatic rings. The van der Waals surface area contributed by atoms with Crippen LogP contribution in [0.5, 0.6) is 0 Å². The van der Waals surface area contributed by atoms with Crippen LogP contribution in [0.25, 0.3) is 0 Å². The van der Waals surface area contributed by atoms with Crippen molar-refractivity contribution in [2.45, 2.75) is 38.6 Å². The van der Waals surface area contributed by atoms with Crippen molar-refractivity contribution in [1.29, 1.82) is 0 Å². The Morgan fingerprint density at radius 3 is 2.71 bits per heavy atom. The molecule has 0 aromatic heterocycles. The number of halogens is 1. The van der Waals surface area contributed by atoms with Gasteiger partial charge in [-0.1, -0.05) is 19.1 Å². The van der Waals surface area contributed by atoms with Crippen LogP contribution in [0.3, 0.4) is 0 Å². The van der Waals surface area contributed by atoms with Crippen molar-refractivity contribution in [2.24, 2.45) is 5.92 Å². The zero-order valence-electron chi connectivity index (χ0n) is 10.5. The van der Waals surface area contributed by atoms with E-state index in [0.717, 1.165) is 24.3 Å². The van der Waals surface area contributed by atoms with Crippen LogP contribution < -0.4 is 0 Å². The number of likely N-dealkylation sites (tertiary alicyclic amines) is 1. The van der Waals surface area contributed by atoms with E-state index in [1.54, 1.807) is 6.07 Å². The molecule has 92 valence electrons. The standard InChI is InChI=1S/C15H20FN/c1-11-7-9-17(10-8-11)15-6-5-12-13(15)3-2-4-14(12)16/h2-4,11,15H,5-10H2,1H3/t15-/m0/s1. The first-order valence-electron chi connectivity index (χ1n) is 6.77. The Morgan fingerprint density at radius 1 is 1.18 bits per heavy atom. The molecule has 1 atom stereocenters. The third-order valence-corrected chi connectivity index (χ3v) is 4.44. The molecular formula is C15H20FN. The fraction of sp³-hybridized carbons (Fsp3) is 0.600. The second-order valence-corrected chi connectivity index (χ2v) is 5.58. The fourth-order valence-electron chi connectivity index (χ4n) is 3.31. The number of rotatable bonds is 1. The van der Waals surface area contributed by atoms with Crippen LogP contribution in [0.2, 0.25) is 0 Å². The normalized spacial score (nSPS) is 26.1. The summed E-state index contributed by atoms with van der Waals surface area (Å²) in [6.07, 6.45) is 4.60. The van der Waals surface area contributed by atoms with E-state index in [0.29, 0.717) is 6.04 Å². The van der Waals surface area contributed by atoms with Gasteiger partial charge in [-0.05, 0) is 61.9 Å². The maximum absolute atomic E-state index is 13.7. The summed E-state index contributed by atoms with van der Waals surface area (Å²) in [5, 5.41) is 0. The first kappa shape index (κ1) is 11.2. The summed E-state index contributed by atoms with van der Waals surface area (Å²) in [6.45, 7) is 4.70. The lowest BCUT2D eigenvalue weighted by atomic mass is 9.96. The van der Waals surface area contributed by atoms with Gasteiger partial charge < -0.3 is 0 Å². The van der Waals surface area contributed by atoms with Gasteiger partial charge in [-0.25, -0.2) is 4.39 Å². The molecule has 0 N–H and O–H groups in total. The van der Waals surface area contributed by atoms with Gasteiger partial charge in [-0.15, -0.1) is 0 Å². The van der Waals surface area contributed by atoms with Crippen molar-refractivity contribution >= 4 is 0 Å². The zero-order chi connectivity index (χ0) is 11.8. The second-order valence-electron chi connectivity index (χ2n) is 5.58. The fourth-order valence-corrected chi connectivity index (χ4v) is 3.31. The van der Waals surface area contributed by atoms with Gasteiger partial charge >= 0.3 is 0 Å². The molecule has 17 heavy (non-hydrogen) atoms. The summed E-state index contributed by atoms with van der Waals surface area (Å²) in [6, 6.07) is 6.06. The van der Waals surface area contributed by atoms with Gasteiger partial charge in [0.1, 0.15) is 5.82 Å². The van der Waals surface area contributed by atoms with Gasteiger partial charge in [0.2, 0.25) is 0 Å². The maximum atomic E-state index is 13.7. The Kier molecular flexibility index (Phi) is 2.91. The topological polar surface area (TPSA) is 3.24 Å². The molecule has 1 heterocycles. The molecule has 0 amide bonds. The highest BCUT2D eigenvalue weighted by molar-refractivity contribution is 5.35. The Hall–Kier alpha value is -0.890. The minimum atomic E-state index is -0.00428. The molecule has 1 aliphatic heterocycles. The number of fused-ring (bicyclic) bond motifs is 1. The number of nitrogens with zero attached hydrogens (tertiary/aromatic N) is 1. The van der Waals surface area contributed by atoms with E-state index in [-0.39, 0.29) is 5.82 Å². The first-order chi connectivity index (χ1) is 8.25. The first-order valence-corrected chi connectivity index (χ1v) is 6.77. The summed E-state index contributed by atoms with van der Waals surface area (Å²) in [7, 11) is 0. The quantitative estimate of drug-likeness (QED) is 0.717. The minimum absolute atomic E-state index is 0.00428. The average Bonchev–Trinajstić information content (AvgIpc) is 2.75. The molecule has 1 aromatic carbocycles. The molecule has 3 rings (SSSR count).